The summed E-state index contributed by atoms with van der Waals surface area (Å²) in [6.45, 7) is 7.50. The molecule has 0 amide bonds. The van der Waals surface area contributed by atoms with Crippen molar-refractivity contribution in [3.8, 4) is 0 Å². The summed E-state index contributed by atoms with van der Waals surface area (Å²) in [5, 5.41) is 22.7. The van der Waals surface area contributed by atoms with E-state index in [0.717, 1.165) is 24.9 Å². The summed E-state index contributed by atoms with van der Waals surface area (Å²) in [7, 11) is 1.68. The summed E-state index contributed by atoms with van der Waals surface area (Å²) < 4.78 is 11.1. The first-order valence-corrected chi connectivity index (χ1v) is 13.6. The number of allylic oxidation sites excluding steroid dienone is 1. The fourth-order valence-corrected chi connectivity index (χ4v) is 6.10. The molecule has 0 aliphatic carbocycles. The molecule has 0 spiro atoms. The number of hydrogen-bond acceptors (Lipinski definition) is 9. The van der Waals surface area contributed by atoms with Gasteiger partial charge in [0.1, 0.15) is 5.70 Å². The zero-order valence-corrected chi connectivity index (χ0v) is 23.3. The zero-order chi connectivity index (χ0) is 29.0. The number of nitrogens with zero attached hydrogens (tertiary/aromatic N) is 4. The maximum atomic E-state index is 13.5. The van der Waals surface area contributed by atoms with Gasteiger partial charge in [-0.3, -0.25) is 25.1 Å². The molecule has 2 aliphatic heterocycles. The molecule has 1 fully saturated rings. The molecule has 1 saturated heterocycles. The molecule has 0 N–H and O–H groups in total. The molecule has 11 nitrogen and oxygen atoms in total. The van der Waals surface area contributed by atoms with Gasteiger partial charge in [-0.05, 0) is 49.5 Å². The van der Waals surface area contributed by atoms with E-state index in [-0.39, 0.29) is 47.9 Å². The molecule has 40 heavy (non-hydrogen) atoms. The third kappa shape index (κ3) is 5.85. The van der Waals surface area contributed by atoms with Gasteiger partial charge in [0.2, 0.25) is 0 Å². The quantitative estimate of drug-likeness (QED) is 0.220. The first-order valence-electron chi connectivity index (χ1n) is 13.6. The third-order valence-corrected chi connectivity index (χ3v) is 7.82. The minimum absolute atomic E-state index is 0.000917. The molecular weight excluding hydrogens is 516 g/mol. The number of carbonyl (C=O) groups excluding carboxylic acids is 1. The van der Waals surface area contributed by atoms with Crippen molar-refractivity contribution in [3.05, 3.63) is 86.1 Å². The molecule has 4 rings (SSSR count). The predicted molar refractivity (Wildman–Crippen MR) is 150 cm³/mol. The number of ether oxygens (including phenoxy) is 2. The Hall–Kier alpha value is -3.83. The molecule has 214 valence electrons. The number of methoxy groups -OCH3 is 1. The van der Waals surface area contributed by atoms with Gasteiger partial charge in [0.15, 0.2) is 0 Å². The summed E-state index contributed by atoms with van der Waals surface area (Å²) >= 11 is 0. The normalized spacial score (nSPS) is 23.2. The smallest absolute Gasteiger partial charge is 0.354 e. The van der Waals surface area contributed by atoms with Gasteiger partial charge in [0.05, 0.1) is 29.2 Å². The highest BCUT2D eigenvalue weighted by atomic mass is 16.6. The van der Waals surface area contributed by atoms with E-state index in [4.69, 9.17) is 9.47 Å². The Morgan fingerprint density at radius 2 is 1.62 bits per heavy atom. The average Bonchev–Trinajstić information content (AvgIpc) is 3.40. The van der Waals surface area contributed by atoms with Crippen molar-refractivity contribution in [1.82, 2.24) is 4.90 Å². The number of hydrogen-bond donors (Lipinski definition) is 0. The van der Waals surface area contributed by atoms with E-state index < -0.39 is 15.8 Å². The fraction of sp³-hybridized carbons (Fsp3) is 0.483. The number of likely N-dealkylation sites (tertiary alicyclic amines) is 1. The maximum absolute atomic E-state index is 13.5. The van der Waals surface area contributed by atoms with Crippen molar-refractivity contribution in [1.29, 1.82) is 0 Å². The van der Waals surface area contributed by atoms with E-state index in [2.05, 4.69) is 18.7 Å². The number of nitro groups is 2. The van der Waals surface area contributed by atoms with E-state index in [9.17, 15) is 25.0 Å². The molecular formula is C29H36N4O7. The van der Waals surface area contributed by atoms with Crippen LogP contribution in [0.15, 0.2) is 60.3 Å². The lowest BCUT2D eigenvalue weighted by Crippen LogP contribution is -2.60. The third-order valence-electron chi connectivity index (χ3n) is 7.82. The lowest BCUT2D eigenvalue weighted by atomic mass is 9.73. The Bertz CT molecular complexity index is 1250. The van der Waals surface area contributed by atoms with Crippen molar-refractivity contribution in [3.63, 3.8) is 0 Å². The highest BCUT2D eigenvalue weighted by Gasteiger charge is 2.48. The minimum Gasteiger partial charge on any atom is -0.461 e. The first-order chi connectivity index (χ1) is 19.2. The Balaban J connectivity index is 1.94. The SMILES string of the molecule is CCOC(=O)C1=C[C@@H](c2ccc([N+](=O)[O-])cc2)[C@H](C(C)C)[C@@H](N2CCC[C@H]2COC)N1c1ccc([N+](=O)[O-])cc1. The number of benzene rings is 2. The monoisotopic (exact) mass is 552 g/mol. The number of esters is 1. The highest BCUT2D eigenvalue weighted by Crippen LogP contribution is 2.47. The van der Waals surface area contributed by atoms with Gasteiger partial charge in [-0.15, -0.1) is 0 Å². The van der Waals surface area contributed by atoms with Crippen LogP contribution in [0.5, 0.6) is 0 Å². The Morgan fingerprint density at radius 1 is 1.02 bits per heavy atom. The summed E-state index contributed by atoms with van der Waals surface area (Å²) in [5.74, 6) is -0.660. The van der Waals surface area contributed by atoms with Crippen LogP contribution in [0.3, 0.4) is 0 Å². The molecule has 2 aromatic rings. The van der Waals surface area contributed by atoms with Gasteiger partial charge in [-0.1, -0.05) is 26.0 Å². The fourth-order valence-electron chi connectivity index (χ4n) is 6.10. The van der Waals surface area contributed by atoms with E-state index in [1.165, 1.54) is 24.3 Å². The van der Waals surface area contributed by atoms with Crippen LogP contribution in [0.1, 0.15) is 45.1 Å². The molecule has 11 heteroatoms. The largest absolute Gasteiger partial charge is 0.461 e. The molecule has 0 radical (unpaired) electrons. The topological polar surface area (TPSA) is 128 Å². The van der Waals surface area contributed by atoms with E-state index in [1.54, 1.807) is 38.3 Å². The molecule has 2 aliphatic rings. The second-order valence-electron chi connectivity index (χ2n) is 10.5. The van der Waals surface area contributed by atoms with Crippen LogP contribution in [0.4, 0.5) is 17.1 Å². The second-order valence-corrected chi connectivity index (χ2v) is 10.5. The summed E-state index contributed by atoms with van der Waals surface area (Å²) in [5.41, 5.74) is 1.80. The van der Waals surface area contributed by atoms with Gasteiger partial charge in [0, 0.05) is 61.5 Å². The summed E-state index contributed by atoms with van der Waals surface area (Å²) in [4.78, 5) is 39.7. The summed E-state index contributed by atoms with van der Waals surface area (Å²) in [6, 6.07) is 12.8. The van der Waals surface area contributed by atoms with Crippen molar-refractivity contribution in [2.75, 3.05) is 31.8 Å². The number of anilines is 1. The van der Waals surface area contributed by atoms with Crippen LogP contribution >= 0.6 is 0 Å². The second kappa shape index (κ2) is 12.6. The lowest BCUT2D eigenvalue weighted by molar-refractivity contribution is -0.385. The minimum atomic E-state index is -0.498. The van der Waals surface area contributed by atoms with Gasteiger partial charge < -0.3 is 14.4 Å². The molecule has 0 bridgehead atoms. The van der Waals surface area contributed by atoms with Crippen LogP contribution in [0.2, 0.25) is 0 Å². The van der Waals surface area contributed by atoms with Crippen LogP contribution in [-0.2, 0) is 14.3 Å². The number of carbonyl (C=O) groups is 1. The maximum Gasteiger partial charge on any atom is 0.354 e. The van der Waals surface area contributed by atoms with Gasteiger partial charge in [0.25, 0.3) is 11.4 Å². The van der Waals surface area contributed by atoms with Crippen LogP contribution in [-0.4, -0.2) is 59.8 Å². The number of rotatable bonds is 10. The Kier molecular flexibility index (Phi) is 9.16. The average molecular weight is 553 g/mol. The molecule has 0 aromatic heterocycles. The van der Waals surface area contributed by atoms with Crippen molar-refractivity contribution in [2.45, 2.75) is 51.7 Å². The Labute approximate surface area is 233 Å². The van der Waals surface area contributed by atoms with Crippen molar-refractivity contribution < 1.29 is 24.1 Å². The first kappa shape index (κ1) is 29.2. The molecule has 2 heterocycles. The molecule has 2 aromatic carbocycles. The lowest BCUT2D eigenvalue weighted by Gasteiger charge is -2.52. The summed E-state index contributed by atoms with van der Waals surface area (Å²) in [6.07, 6.45) is 3.48. The Morgan fingerprint density at radius 3 is 2.15 bits per heavy atom. The van der Waals surface area contributed by atoms with Crippen LogP contribution in [0, 0.1) is 32.1 Å². The van der Waals surface area contributed by atoms with E-state index in [0.29, 0.717) is 18.0 Å². The number of non-ortho nitro benzene ring substituents is 2. The van der Waals surface area contributed by atoms with Crippen LogP contribution < -0.4 is 4.90 Å². The van der Waals surface area contributed by atoms with Gasteiger partial charge >= 0.3 is 5.97 Å². The van der Waals surface area contributed by atoms with Crippen molar-refractivity contribution >= 4 is 23.0 Å². The molecule has 4 atom stereocenters. The molecule has 0 unspecified atom stereocenters. The van der Waals surface area contributed by atoms with Gasteiger partial charge in [-0.25, -0.2) is 4.79 Å². The predicted octanol–water partition coefficient (Wildman–Crippen LogP) is 5.26. The standard InChI is InChI=1S/C29H36N4O7/c1-5-40-29(34)26-17-25(20-8-10-22(11-9-20)32(35)36)27(19(2)3)28(30-16-6-7-24(30)18-39-4)31(26)21-12-14-23(15-13-21)33(37)38/h8-15,17,19,24-25,27-28H,5-7,16,18H2,1-4H3/t24-,25-,27-,28-/m0/s1. The molecule has 0 saturated carbocycles. The number of nitro benzene ring substituents is 2. The highest BCUT2D eigenvalue weighted by molar-refractivity contribution is 5.93. The zero-order valence-electron chi connectivity index (χ0n) is 23.3. The van der Waals surface area contributed by atoms with Crippen molar-refractivity contribution in [2.24, 2.45) is 11.8 Å². The van der Waals surface area contributed by atoms with E-state index >= 15 is 0 Å². The van der Waals surface area contributed by atoms with Crippen LogP contribution in [0.25, 0.3) is 0 Å². The van der Waals surface area contributed by atoms with E-state index in [1.807, 2.05) is 11.0 Å². The van der Waals surface area contributed by atoms with Gasteiger partial charge in [-0.2, -0.15) is 0 Å².